The van der Waals surface area contributed by atoms with E-state index >= 15 is 0 Å². The molecular formula is C17H23NO2S. The SMILES string of the molecule is COc1cccc(C(C)NC(C)CC(O)c2cccs2)c1. The average molecular weight is 305 g/mol. The molecular weight excluding hydrogens is 282 g/mol. The van der Waals surface area contributed by atoms with Gasteiger partial charge in [-0.2, -0.15) is 0 Å². The van der Waals surface area contributed by atoms with Crippen LogP contribution in [0.25, 0.3) is 0 Å². The first-order valence-electron chi connectivity index (χ1n) is 7.21. The minimum atomic E-state index is -0.398. The van der Waals surface area contributed by atoms with Crippen LogP contribution in [-0.2, 0) is 0 Å². The molecule has 2 N–H and O–H groups in total. The summed E-state index contributed by atoms with van der Waals surface area (Å²) in [6, 6.07) is 12.5. The molecule has 0 radical (unpaired) electrons. The summed E-state index contributed by atoms with van der Waals surface area (Å²) in [5.41, 5.74) is 1.19. The quantitative estimate of drug-likeness (QED) is 0.814. The molecule has 2 rings (SSSR count). The van der Waals surface area contributed by atoms with Crippen molar-refractivity contribution in [1.82, 2.24) is 5.32 Å². The van der Waals surface area contributed by atoms with Gasteiger partial charge in [-0.3, -0.25) is 0 Å². The smallest absolute Gasteiger partial charge is 0.119 e. The molecule has 0 fully saturated rings. The second-order valence-electron chi connectivity index (χ2n) is 5.33. The summed E-state index contributed by atoms with van der Waals surface area (Å²) >= 11 is 1.60. The Kier molecular flexibility index (Phi) is 5.79. The van der Waals surface area contributed by atoms with Crippen molar-refractivity contribution in [3.8, 4) is 5.75 Å². The lowest BCUT2D eigenvalue weighted by Crippen LogP contribution is -2.30. The summed E-state index contributed by atoms with van der Waals surface area (Å²) in [4.78, 5) is 1.03. The van der Waals surface area contributed by atoms with Crippen LogP contribution in [0.5, 0.6) is 5.75 Å². The van der Waals surface area contributed by atoms with E-state index in [1.54, 1.807) is 18.4 Å². The Labute approximate surface area is 130 Å². The Morgan fingerprint density at radius 1 is 1.24 bits per heavy atom. The Bertz CT molecular complexity index is 541. The predicted molar refractivity (Wildman–Crippen MR) is 87.9 cm³/mol. The Morgan fingerprint density at radius 3 is 2.71 bits per heavy atom. The van der Waals surface area contributed by atoms with Crippen molar-refractivity contribution in [2.75, 3.05) is 7.11 Å². The molecule has 2 aromatic rings. The lowest BCUT2D eigenvalue weighted by Gasteiger charge is -2.22. The van der Waals surface area contributed by atoms with Gasteiger partial charge in [0.15, 0.2) is 0 Å². The van der Waals surface area contributed by atoms with E-state index in [1.807, 2.05) is 35.7 Å². The predicted octanol–water partition coefficient (Wildman–Crippen LogP) is 3.92. The first-order valence-corrected chi connectivity index (χ1v) is 8.09. The number of ether oxygens (including phenoxy) is 1. The van der Waals surface area contributed by atoms with Gasteiger partial charge in [-0.25, -0.2) is 0 Å². The number of hydrogen-bond donors (Lipinski definition) is 2. The third-order valence-corrected chi connectivity index (χ3v) is 4.55. The zero-order valence-electron chi connectivity index (χ0n) is 12.7. The molecule has 0 saturated carbocycles. The Hall–Kier alpha value is -1.36. The first-order chi connectivity index (χ1) is 10.1. The number of nitrogens with one attached hydrogen (secondary N) is 1. The zero-order valence-corrected chi connectivity index (χ0v) is 13.6. The zero-order chi connectivity index (χ0) is 15.2. The summed E-state index contributed by atoms with van der Waals surface area (Å²) in [7, 11) is 1.68. The van der Waals surface area contributed by atoms with Crippen molar-refractivity contribution >= 4 is 11.3 Å². The molecule has 0 amide bonds. The van der Waals surface area contributed by atoms with Gasteiger partial charge in [-0.15, -0.1) is 11.3 Å². The van der Waals surface area contributed by atoms with Crippen LogP contribution in [-0.4, -0.2) is 18.3 Å². The highest BCUT2D eigenvalue weighted by molar-refractivity contribution is 7.10. The van der Waals surface area contributed by atoms with Crippen molar-refractivity contribution in [2.45, 2.75) is 38.5 Å². The van der Waals surface area contributed by atoms with Gasteiger partial charge in [0.05, 0.1) is 13.2 Å². The van der Waals surface area contributed by atoms with Crippen LogP contribution >= 0.6 is 11.3 Å². The second kappa shape index (κ2) is 7.59. The Morgan fingerprint density at radius 2 is 2.05 bits per heavy atom. The van der Waals surface area contributed by atoms with E-state index in [1.165, 1.54) is 5.56 Å². The molecule has 0 aliphatic carbocycles. The summed E-state index contributed by atoms with van der Waals surface area (Å²) in [6.45, 7) is 4.23. The lowest BCUT2D eigenvalue weighted by molar-refractivity contribution is 0.155. The maximum absolute atomic E-state index is 10.2. The van der Waals surface area contributed by atoms with Crippen LogP contribution in [0, 0.1) is 0 Å². The van der Waals surface area contributed by atoms with Crippen LogP contribution in [0.4, 0.5) is 0 Å². The van der Waals surface area contributed by atoms with Crippen LogP contribution < -0.4 is 10.1 Å². The van der Waals surface area contributed by atoms with Crippen LogP contribution in [0.2, 0.25) is 0 Å². The van der Waals surface area contributed by atoms with Gasteiger partial charge in [0.2, 0.25) is 0 Å². The number of rotatable bonds is 7. The van der Waals surface area contributed by atoms with Crippen LogP contribution in [0.3, 0.4) is 0 Å². The largest absolute Gasteiger partial charge is 0.497 e. The number of aliphatic hydroxyl groups is 1. The first kappa shape index (κ1) is 16.0. The van der Waals surface area contributed by atoms with Gasteiger partial charge >= 0.3 is 0 Å². The van der Waals surface area contributed by atoms with Gasteiger partial charge in [-0.05, 0) is 49.4 Å². The summed E-state index contributed by atoms with van der Waals surface area (Å²) in [5.74, 6) is 0.868. The van der Waals surface area contributed by atoms with Gasteiger partial charge in [0.25, 0.3) is 0 Å². The molecule has 3 unspecified atom stereocenters. The number of aliphatic hydroxyl groups excluding tert-OH is 1. The molecule has 114 valence electrons. The fourth-order valence-corrected chi connectivity index (χ4v) is 3.16. The third kappa shape index (κ3) is 4.56. The van der Waals surface area contributed by atoms with Gasteiger partial charge in [0.1, 0.15) is 5.75 Å². The van der Waals surface area contributed by atoms with Crippen molar-refractivity contribution in [3.05, 3.63) is 52.2 Å². The molecule has 1 aromatic heterocycles. The fourth-order valence-electron chi connectivity index (χ4n) is 2.43. The number of hydrogen-bond acceptors (Lipinski definition) is 4. The normalized spacial score (nSPS) is 15.4. The lowest BCUT2D eigenvalue weighted by atomic mass is 10.0. The molecule has 1 heterocycles. The minimum absolute atomic E-state index is 0.214. The third-order valence-electron chi connectivity index (χ3n) is 3.58. The number of benzene rings is 1. The van der Waals surface area contributed by atoms with Crippen molar-refractivity contribution in [1.29, 1.82) is 0 Å². The average Bonchev–Trinajstić information content (AvgIpc) is 3.01. The van der Waals surface area contributed by atoms with Crippen molar-refractivity contribution in [2.24, 2.45) is 0 Å². The standard InChI is InChI=1S/C17H23NO2S/c1-12(10-16(19)17-8-5-9-21-17)18-13(2)14-6-4-7-15(11-14)20-3/h4-9,11-13,16,18-19H,10H2,1-3H3. The van der Waals surface area contributed by atoms with Crippen molar-refractivity contribution < 1.29 is 9.84 Å². The maximum Gasteiger partial charge on any atom is 0.119 e. The number of methoxy groups -OCH3 is 1. The fraction of sp³-hybridized carbons (Fsp3) is 0.412. The summed E-state index contributed by atoms with van der Waals surface area (Å²) in [6.07, 6.45) is 0.305. The van der Waals surface area contributed by atoms with E-state index in [9.17, 15) is 5.11 Å². The van der Waals surface area contributed by atoms with Gasteiger partial charge < -0.3 is 15.2 Å². The molecule has 3 nitrogen and oxygen atoms in total. The summed E-state index contributed by atoms with van der Waals surface area (Å²) in [5, 5.41) is 15.7. The van der Waals surface area contributed by atoms with E-state index in [2.05, 4.69) is 25.2 Å². The molecule has 3 atom stereocenters. The molecule has 1 aromatic carbocycles. The number of thiophene rings is 1. The van der Waals surface area contributed by atoms with E-state index in [0.717, 1.165) is 10.6 Å². The van der Waals surface area contributed by atoms with Gasteiger partial charge in [0, 0.05) is 17.0 Å². The monoisotopic (exact) mass is 305 g/mol. The van der Waals surface area contributed by atoms with E-state index < -0.39 is 6.10 Å². The highest BCUT2D eigenvalue weighted by Crippen LogP contribution is 2.24. The van der Waals surface area contributed by atoms with Crippen molar-refractivity contribution in [3.63, 3.8) is 0 Å². The second-order valence-corrected chi connectivity index (χ2v) is 6.31. The topological polar surface area (TPSA) is 41.5 Å². The highest BCUT2D eigenvalue weighted by atomic mass is 32.1. The van der Waals surface area contributed by atoms with E-state index in [0.29, 0.717) is 6.42 Å². The van der Waals surface area contributed by atoms with E-state index in [4.69, 9.17) is 4.74 Å². The molecule has 0 bridgehead atoms. The Balaban J connectivity index is 1.90. The molecule has 21 heavy (non-hydrogen) atoms. The van der Waals surface area contributed by atoms with E-state index in [-0.39, 0.29) is 12.1 Å². The molecule has 0 saturated heterocycles. The van der Waals surface area contributed by atoms with Crippen LogP contribution in [0.1, 0.15) is 42.9 Å². The maximum atomic E-state index is 10.2. The summed E-state index contributed by atoms with van der Waals surface area (Å²) < 4.78 is 5.26. The molecule has 4 heteroatoms. The highest BCUT2D eigenvalue weighted by Gasteiger charge is 2.16. The molecule has 0 aliphatic heterocycles. The van der Waals surface area contributed by atoms with Crippen LogP contribution in [0.15, 0.2) is 41.8 Å². The molecule has 0 spiro atoms. The minimum Gasteiger partial charge on any atom is -0.497 e. The van der Waals surface area contributed by atoms with Gasteiger partial charge in [-0.1, -0.05) is 18.2 Å². The molecule has 0 aliphatic rings.